The molecule has 140 valence electrons. The molecular formula is C18H21N7O2. The first kappa shape index (κ1) is 18.3. The summed E-state index contributed by atoms with van der Waals surface area (Å²) in [7, 11) is 0. The van der Waals surface area contributed by atoms with Crippen LogP contribution in [0.1, 0.15) is 38.8 Å². The smallest absolute Gasteiger partial charge is 0.286 e. The molecule has 9 heteroatoms. The second kappa shape index (κ2) is 7.40. The van der Waals surface area contributed by atoms with E-state index in [2.05, 4.69) is 30.9 Å². The van der Waals surface area contributed by atoms with Crippen molar-refractivity contribution < 1.29 is 9.59 Å². The number of aromatic amines is 1. The monoisotopic (exact) mass is 367 g/mol. The summed E-state index contributed by atoms with van der Waals surface area (Å²) in [6.45, 7) is 7.48. The molecule has 0 aliphatic heterocycles. The number of aryl methyl sites for hydroxylation is 3. The molecule has 0 aromatic carbocycles. The molecule has 0 spiro atoms. The zero-order chi connectivity index (χ0) is 19.6. The summed E-state index contributed by atoms with van der Waals surface area (Å²) in [5.74, 6) is -0.289. The summed E-state index contributed by atoms with van der Waals surface area (Å²) in [6.07, 6.45) is 1.71. The zero-order valence-electron chi connectivity index (χ0n) is 15.6. The van der Waals surface area contributed by atoms with Crippen molar-refractivity contribution in [1.29, 1.82) is 0 Å². The van der Waals surface area contributed by atoms with Crippen LogP contribution in [0.4, 0.5) is 0 Å². The molecule has 3 heterocycles. The van der Waals surface area contributed by atoms with E-state index >= 15 is 0 Å². The van der Waals surface area contributed by atoms with E-state index in [0.717, 1.165) is 22.6 Å². The average Bonchev–Trinajstić information content (AvgIpc) is 3.23. The van der Waals surface area contributed by atoms with Gasteiger partial charge in [-0.05, 0) is 45.9 Å². The molecule has 2 amide bonds. The molecule has 0 unspecified atom stereocenters. The van der Waals surface area contributed by atoms with Gasteiger partial charge in [0.1, 0.15) is 5.69 Å². The van der Waals surface area contributed by atoms with Crippen molar-refractivity contribution in [1.82, 2.24) is 35.6 Å². The van der Waals surface area contributed by atoms with Crippen molar-refractivity contribution in [2.24, 2.45) is 0 Å². The van der Waals surface area contributed by atoms with Gasteiger partial charge < -0.3 is 4.98 Å². The van der Waals surface area contributed by atoms with Crippen molar-refractivity contribution in [2.75, 3.05) is 0 Å². The largest absolute Gasteiger partial charge is 0.357 e. The Morgan fingerprint density at radius 3 is 2.44 bits per heavy atom. The Balaban J connectivity index is 1.73. The molecule has 0 saturated carbocycles. The van der Waals surface area contributed by atoms with Gasteiger partial charge in [-0.3, -0.25) is 20.4 Å². The van der Waals surface area contributed by atoms with Crippen LogP contribution in [-0.2, 0) is 11.2 Å². The number of amides is 2. The van der Waals surface area contributed by atoms with E-state index in [1.165, 1.54) is 0 Å². The lowest BCUT2D eigenvalue weighted by molar-refractivity contribution is -0.121. The lowest BCUT2D eigenvalue weighted by Crippen LogP contribution is -2.42. The summed E-state index contributed by atoms with van der Waals surface area (Å²) < 4.78 is 1.63. The Kier molecular flexibility index (Phi) is 5.02. The molecule has 3 N–H and O–H groups in total. The fourth-order valence-corrected chi connectivity index (χ4v) is 2.80. The molecule has 9 nitrogen and oxygen atoms in total. The minimum Gasteiger partial charge on any atom is -0.357 e. The second-order valence-corrected chi connectivity index (χ2v) is 6.27. The van der Waals surface area contributed by atoms with Gasteiger partial charge in [-0.25, -0.2) is 14.6 Å². The number of rotatable bonds is 4. The van der Waals surface area contributed by atoms with Crippen LogP contribution < -0.4 is 10.9 Å². The number of aromatic nitrogens is 5. The number of carbonyl (C=O) groups excluding carboxylic acids is 2. The van der Waals surface area contributed by atoms with Crippen molar-refractivity contribution in [3.63, 3.8) is 0 Å². The lowest BCUT2D eigenvalue weighted by Gasteiger charge is -2.07. The standard InChI is InChI=1S/C18H21N7O2/c1-10-8-11(2)21-18(20-10)25-13(4)14(12(3)24-25)9-16(26)22-23-17(27)15-6-5-7-19-15/h5-8,19H,9H2,1-4H3,(H,22,26)(H,23,27). The Labute approximate surface area is 156 Å². The normalized spacial score (nSPS) is 10.7. The summed E-state index contributed by atoms with van der Waals surface area (Å²) in [4.78, 5) is 35.7. The molecule has 0 atom stereocenters. The number of hydrazine groups is 1. The first-order valence-corrected chi connectivity index (χ1v) is 8.45. The predicted octanol–water partition coefficient (Wildman–Crippen LogP) is 1.23. The second-order valence-electron chi connectivity index (χ2n) is 6.27. The summed E-state index contributed by atoms with van der Waals surface area (Å²) >= 11 is 0. The van der Waals surface area contributed by atoms with Crippen molar-refractivity contribution in [2.45, 2.75) is 34.1 Å². The third kappa shape index (κ3) is 4.02. The molecule has 27 heavy (non-hydrogen) atoms. The van der Waals surface area contributed by atoms with Gasteiger partial charge in [-0.2, -0.15) is 5.10 Å². The first-order valence-electron chi connectivity index (χ1n) is 8.45. The molecule has 0 aliphatic carbocycles. The molecule has 0 fully saturated rings. The number of H-pyrrole nitrogens is 1. The SMILES string of the molecule is Cc1cc(C)nc(-n2nc(C)c(CC(=O)NNC(=O)c3ccc[nH]3)c2C)n1. The summed E-state index contributed by atoms with van der Waals surface area (Å²) in [6, 6.07) is 5.20. The van der Waals surface area contributed by atoms with Gasteiger partial charge in [0.2, 0.25) is 5.91 Å². The van der Waals surface area contributed by atoms with Crippen LogP contribution in [-0.4, -0.2) is 36.5 Å². The minimum atomic E-state index is -0.416. The van der Waals surface area contributed by atoms with Gasteiger partial charge in [-0.1, -0.05) is 0 Å². The quantitative estimate of drug-likeness (QED) is 0.600. The van der Waals surface area contributed by atoms with E-state index in [9.17, 15) is 9.59 Å². The van der Waals surface area contributed by atoms with Crippen LogP contribution in [0.15, 0.2) is 24.4 Å². The highest BCUT2D eigenvalue weighted by molar-refractivity contribution is 5.93. The molecule has 0 radical (unpaired) electrons. The van der Waals surface area contributed by atoms with Crippen LogP contribution in [0.3, 0.4) is 0 Å². The highest BCUT2D eigenvalue weighted by atomic mass is 16.2. The van der Waals surface area contributed by atoms with Crippen LogP contribution in [0.25, 0.3) is 5.95 Å². The van der Waals surface area contributed by atoms with Gasteiger partial charge in [0.25, 0.3) is 11.9 Å². The van der Waals surface area contributed by atoms with Gasteiger partial charge >= 0.3 is 0 Å². The Bertz CT molecular complexity index is 969. The number of hydrogen-bond donors (Lipinski definition) is 3. The number of hydrogen-bond acceptors (Lipinski definition) is 5. The fraction of sp³-hybridized carbons (Fsp3) is 0.278. The van der Waals surface area contributed by atoms with Gasteiger partial charge in [0.15, 0.2) is 0 Å². The highest BCUT2D eigenvalue weighted by Crippen LogP contribution is 2.17. The van der Waals surface area contributed by atoms with Crippen molar-refractivity contribution in [3.05, 3.63) is 58.4 Å². The summed E-state index contributed by atoms with van der Waals surface area (Å²) in [5.41, 5.74) is 9.10. The van der Waals surface area contributed by atoms with Crippen LogP contribution in [0.2, 0.25) is 0 Å². The van der Waals surface area contributed by atoms with Crippen LogP contribution >= 0.6 is 0 Å². The zero-order valence-corrected chi connectivity index (χ0v) is 15.6. The van der Waals surface area contributed by atoms with E-state index in [1.807, 2.05) is 33.8 Å². The predicted molar refractivity (Wildman–Crippen MR) is 98.2 cm³/mol. The van der Waals surface area contributed by atoms with Gasteiger partial charge in [0.05, 0.1) is 12.1 Å². The molecule has 3 rings (SSSR count). The topological polar surface area (TPSA) is 118 Å². The number of carbonyl (C=O) groups is 2. The van der Waals surface area contributed by atoms with E-state index in [1.54, 1.807) is 23.0 Å². The molecule has 0 saturated heterocycles. The molecule has 3 aromatic heterocycles. The minimum absolute atomic E-state index is 0.0769. The van der Waals surface area contributed by atoms with E-state index < -0.39 is 5.91 Å². The Morgan fingerprint density at radius 2 is 1.81 bits per heavy atom. The maximum atomic E-state index is 12.2. The maximum Gasteiger partial charge on any atom is 0.286 e. The molecule has 0 aliphatic rings. The first-order chi connectivity index (χ1) is 12.8. The Morgan fingerprint density at radius 1 is 1.11 bits per heavy atom. The lowest BCUT2D eigenvalue weighted by atomic mass is 10.1. The van der Waals surface area contributed by atoms with Crippen molar-refractivity contribution in [3.8, 4) is 5.95 Å². The maximum absolute atomic E-state index is 12.2. The van der Waals surface area contributed by atoms with Crippen molar-refractivity contribution >= 4 is 11.8 Å². The molecule has 3 aromatic rings. The van der Waals surface area contributed by atoms with E-state index in [4.69, 9.17) is 0 Å². The van der Waals surface area contributed by atoms with Crippen LogP contribution in [0.5, 0.6) is 0 Å². The van der Waals surface area contributed by atoms with Gasteiger partial charge in [0, 0.05) is 28.8 Å². The number of nitrogens with zero attached hydrogens (tertiary/aromatic N) is 4. The average molecular weight is 367 g/mol. The summed E-state index contributed by atoms with van der Waals surface area (Å²) in [5, 5.41) is 4.47. The molecular weight excluding hydrogens is 346 g/mol. The third-order valence-electron chi connectivity index (χ3n) is 4.10. The van der Waals surface area contributed by atoms with Crippen LogP contribution in [0, 0.1) is 27.7 Å². The fourth-order valence-electron chi connectivity index (χ4n) is 2.80. The highest BCUT2D eigenvalue weighted by Gasteiger charge is 2.18. The third-order valence-corrected chi connectivity index (χ3v) is 4.10. The number of nitrogens with one attached hydrogen (secondary N) is 3. The van der Waals surface area contributed by atoms with E-state index in [0.29, 0.717) is 17.3 Å². The van der Waals surface area contributed by atoms with Gasteiger partial charge in [-0.15, -0.1) is 0 Å². The van der Waals surface area contributed by atoms with E-state index in [-0.39, 0.29) is 12.3 Å². The Hall–Kier alpha value is -3.49. The molecule has 0 bridgehead atoms.